The van der Waals surface area contributed by atoms with Gasteiger partial charge in [-0.25, -0.2) is 0 Å². The average Bonchev–Trinajstić information content (AvgIpc) is 1.82. The summed E-state index contributed by atoms with van der Waals surface area (Å²) >= 11 is 0. The smallest absolute Gasteiger partial charge is 0.211 e. The fourth-order valence-electron chi connectivity index (χ4n) is 0.459. The van der Waals surface area contributed by atoms with E-state index >= 15 is 0 Å². The fraction of sp³-hybridized carbons (Fsp3) is 1.00. The number of nitrogens with zero attached hydrogens (tertiary/aromatic N) is 1. The summed E-state index contributed by atoms with van der Waals surface area (Å²) in [5, 5.41) is 12.8. The molecule has 0 rings (SSSR count). The highest BCUT2D eigenvalue weighted by Gasteiger charge is 2.09. The summed E-state index contributed by atoms with van der Waals surface area (Å²) in [4.78, 5) is 9.72. The van der Waals surface area contributed by atoms with Gasteiger partial charge in [-0.2, -0.15) is 0 Å². The lowest BCUT2D eigenvalue weighted by Crippen LogP contribution is -2.21. The molecule has 0 aliphatic rings. The molecular formula is C5H12N2O2. The Hall–Kier alpha value is -0.640. The number of hydrogen-bond donors (Lipinski definition) is 1. The molecule has 4 heteroatoms. The van der Waals surface area contributed by atoms with Crippen LogP contribution in [0.2, 0.25) is 0 Å². The molecule has 0 radical (unpaired) electrons. The Morgan fingerprint density at radius 2 is 2.33 bits per heavy atom. The van der Waals surface area contributed by atoms with Gasteiger partial charge in [0.25, 0.3) is 0 Å². The number of hydrogen-bond acceptors (Lipinski definition) is 3. The Bertz CT molecular complexity index is 95.0. The van der Waals surface area contributed by atoms with Crippen LogP contribution in [0.1, 0.15) is 13.3 Å². The maximum Gasteiger partial charge on any atom is 0.211 e. The Balaban J connectivity index is 3.27. The molecule has 0 bridgehead atoms. The van der Waals surface area contributed by atoms with Gasteiger partial charge in [0.2, 0.25) is 6.04 Å². The summed E-state index contributed by atoms with van der Waals surface area (Å²) in [5.74, 6) is 0. The maximum atomic E-state index is 9.98. The van der Waals surface area contributed by atoms with Crippen LogP contribution in [-0.2, 0) is 0 Å². The highest BCUT2D eigenvalue weighted by Crippen LogP contribution is 1.92. The Kier molecular flexibility index (Phi) is 3.96. The van der Waals surface area contributed by atoms with E-state index in [1.165, 1.54) is 0 Å². The second-order valence-electron chi connectivity index (χ2n) is 2.03. The molecule has 0 aromatic rings. The lowest BCUT2D eigenvalue weighted by molar-refractivity contribution is -0.518. The zero-order valence-electron chi connectivity index (χ0n) is 5.76. The summed E-state index contributed by atoms with van der Waals surface area (Å²) in [6.07, 6.45) is 0.601. The molecule has 1 unspecified atom stereocenters. The third kappa shape index (κ3) is 3.90. The standard InChI is InChI=1S/C5H12N2O2/c1-5(7(8)9)3-4-6-2/h5-6H,3-4H2,1-2H3. The lowest BCUT2D eigenvalue weighted by Gasteiger charge is -2.00. The SMILES string of the molecule is CNCCC(C)[N+](=O)[O-]. The van der Waals surface area contributed by atoms with E-state index in [1.54, 1.807) is 14.0 Å². The van der Waals surface area contributed by atoms with E-state index in [2.05, 4.69) is 5.32 Å². The summed E-state index contributed by atoms with van der Waals surface area (Å²) < 4.78 is 0. The first kappa shape index (κ1) is 8.36. The van der Waals surface area contributed by atoms with Crippen LogP contribution < -0.4 is 5.32 Å². The zero-order chi connectivity index (χ0) is 7.28. The molecule has 0 heterocycles. The van der Waals surface area contributed by atoms with Crippen LogP contribution in [0.4, 0.5) is 0 Å². The summed E-state index contributed by atoms with van der Waals surface area (Å²) in [7, 11) is 1.78. The normalized spacial score (nSPS) is 13.1. The van der Waals surface area contributed by atoms with Gasteiger partial charge >= 0.3 is 0 Å². The highest BCUT2D eigenvalue weighted by atomic mass is 16.6. The molecule has 54 valence electrons. The molecule has 1 atom stereocenters. The van der Waals surface area contributed by atoms with Gasteiger partial charge in [0.15, 0.2) is 0 Å². The van der Waals surface area contributed by atoms with Gasteiger partial charge < -0.3 is 5.32 Å². The summed E-state index contributed by atoms with van der Waals surface area (Å²) in [6.45, 7) is 2.32. The van der Waals surface area contributed by atoms with E-state index in [1.807, 2.05) is 0 Å². The van der Waals surface area contributed by atoms with Crippen molar-refractivity contribution >= 4 is 0 Å². The lowest BCUT2D eigenvalue weighted by atomic mass is 10.2. The summed E-state index contributed by atoms with van der Waals surface area (Å²) in [6, 6.07) is -0.419. The number of nitrogens with one attached hydrogen (secondary N) is 1. The molecule has 0 aromatic heterocycles. The van der Waals surface area contributed by atoms with Gasteiger partial charge in [-0.05, 0) is 7.05 Å². The molecule has 0 fully saturated rings. The van der Waals surface area contributed by atoms with Crippen LogP contribution >= 0.6 is 0 Å². The van der Waals surface area contributed by atoms with Crippen molar-refractivity contribution in [2.24, 2.45) is 0 Å². The van der Waals surface area contributed by atoms with Crippen LogP contribution in [0.15, 0.2) is 0 Å². The molecule has 0 aromatic carbocycles. The minimum Gasteiger partial charge on any atom is -0.319 e. The second-order valence-corrected chi connectivity index (χ2v) is 2.03. The van der Waals surface area contributed by atoms with Crippen LogP contribution in [0.25, 0.3) is 0 Å². The van der Waals surface area contributed by atoms with Gasteiger partial charge in [0, 0.05) is 24.8 Å². The largest absolute Gasteiger partial charge is 0.319 e. The van der Waals surface area contributed by atoms with Gasteiger partial charge in [0.1, 0.15) is 0 Å². The predicted octanol–water partition coefficient (Wildman–Crippen LogP) is 0.261. The van der Waals surface area contributed by atoms with Crippen molar-refractivity contribution in [3.63, 3.8) is 0 Å². The number of nitro groups is 1. The molecule has 4 nitrogen and oxygen atoms in total. The quantitative estimate of drug-likeness (QED) is 0.441. The van der Waals surface area contributed by atoms with Crippen molar-refractivity contribution in [2.75, 3.05) is 13.6 Å². The van der Waals surface area contributed by atoms with Crippen LogP contribution in [0.5, 0.6) is 0 Å². The first-order valence-corrected chi connectivity index (χ1v) is 2.96. The monoisotopic (exact) mass is 132 g/mol. The Morgan fingerprint density at radius 3 is 2.67 bits per heavy atom. The van der Waals surface area contributed by atoms with Crippen molar-refractivity contribution in [1.82, 2.24) is 5.32 Å². The van der Waals surface area contributed by atoms with Gasteiger partial charge in [-0.3, -0.25) is 10.1 Å². The number of rotatable bonds is 4. The third-order valence-electron chi connectivity index (χ3n) is 1.17. The molecule has 0 spiro atoms. The van der Waals surface area contributed by atoms with Gasteiger partial charge in [-0.15, -0.1) is 0 Å². The molecule has 0 aliphatic carbocycles. The van der Waals surface area contributed by atoms with Crippen molar-refractivity contribution in [1.29, 1.82) is 0 Å². The first-order valence-electron chi connectivity index (χ1n) is 2.96. The van der Waals surface area contributed by atoms with Gasteiger partial charge in [-0.1, -0.05) is 0 Å². The average molecular weight is 132 g/mol. The topological polar surface area (TPSA) is 55.2 Å². The van der Waals surface area contributed by atoms with E-state index in [0.717, 1.165) is 0 Å². The molecule has 0 aliphatic heterocycles. The van der Waals surface area contributed by atoms with Crippen LogP contribution in [0.3, 0.4) is 0 Å². The molecule has 0 amide bonds. The van der Waals surface area contributed by atoms with Crippen molar-refractivity contribution < 1.29 is 4.92 Å². The van der Waals surface area contributed by atoms with E-state index in [4.69, 9.17) is 0 Å². The molecule has 0 saturated heterocycles. The fourth-order valence-corrected chi connectivity index (χ4v) is 0.459. The molecular weight excluding hydrogens is 120 g/mol. The van der Waals surface area contributed by atoms with E-state index in [0.29, 0.717) is 13.0 Å². The zero-order valence-corrected chi connectivity index (χ0v) is 5.76. The minimum absolute atomic E-state index is 0.267. The molecule has 9 heavy (non-hydrogen) atoms. The van der Waals surface area contributed by atoms with Gasteiger partial charge in [0.05, 0.1) is 0 Å². The molecule has 1 N–H and O–H groups in total. The van der Waals surface area contributed by atoms with Crippen LogP contribution in [-0.4, -0.2) is 24.6 Å². The predicted molar refractivity (Wildman–Crippen MR) is 35.0 cm³/mol. The van der Waals surface area contributed by atoms with Crippen molar-refractivity contribution in [2.45, 2.75) is 19.4 Å². The van der Waals surface area contributed by atoms with E-state index < -0.39 is 6.04 Å². The van der Waals surface area contributed by atoms with Crippen LogP contribution in [0, 0.1) is 10.1 Å². The second kappa shape index (κ2) is 4.26. The Labute approximate surface area is 54.4 Å². The van der Waals surface area contributed by atoms with E-state index in [-0.39, 0.29) is 4.92 Å². The highest BCUT2D eigenvalue weighted by molar-refractivity contribution is 4.49. The van der Waals surface area contributed by atoms with E-state index in [9.17, 15) is 10.1 Å². The van der Waals surface area contributed by atoms with Crippen molar-refractivity contribution in [3.05, 3.63) is 10.1 Å². The maximum absolute atomic E-state index is 9.98. The van der Waals surface area contributed by atoms with Crippen molar-refractivity contribution in [3.8, 4) is 0 Å². The first-order chi connectivity index (χ1) is 4.18. The third-order valence-corrected chi connectivity index (χ3v) is 1.17. The minimum atomic E-state index is -0.419. The Morgan fingerprint density at radius 1 is 1.78 bits per heavy atom. The molecule has 0 saturated carbocycles. The summed E-state index contributed by atoms with van der Waals surface area (Å²) in [5.41, 5.74) is 0.